The lowest BCUT2D eigenvalue weighted by molar-refractivity contribution is -0.116. The van der Waals surface area contributed by atoms with Crippen LogP contribution < -0.4 is 20.7 Å². The van der Waals surface area contributed by atoms with Gasteiger partial charge in [0.25, 0.3) is 0 Å². The number of methoxy groups -OCH3 is 1. The predicted molar refractivity (Wildman–Crippen MR) is 121 cm³/mol. The molecule has 0 saturated heterocycles. The van der Waals surface area contributed by atoms with Crippen LogP contribution in [0.25, 0.3) is 0 Å². The zero-order valence-corrected chi connectivity index (χ0v) is 17.7. The van der Waals surface area contributed by atoms with Crippen molar-refractivity contribution in [3.63, 3.8) is 0 Å². The summed E-state index contributed by atoms with van der Waals surface area (Å²) in [6.07, 6.45) is 1.67. The zero-order valence-electron chi connectivity index (χ0n) is 16.9. The van der Waals surface area contributed by atoms with Gasteiger partial charge in [-0.3, -0.25) is 10.1 Å². The average molecular weight is 425 g/mol. The topological polar surface area (TPSA) is 92.4 Å². The molecule has 3 N–H and O–H groups in total. The predicted octanol–water partition coefficient (Wildman–Crippen LogP) is 4.93. The number of urea groups is 1. The third-order valence-corrected chi connectivity index (χ3v) is 5.21. The summed E-state index contributed by atoms with van der Waals surface area (Å²) in [5, 5.41) is 10.7. The van der Waals surface area contributed by atoms with Crippen molar-refractivity contribution < 1.29 is 14.3 Å². The third kappa shape index (κ3) is 6.05. The first kappa shape index (κ1) is 21.3. The zero-order chi connectivity index (χ0) is 21.3. The fourth-order valence-electron chi connectivity index (χ4n) is 2.82. The molecule has 1 aromatic heterocycles. The fraction of sp³-hybridized carbons (Fsp3) is 0.227. The molecule has 8 heteroatoms. The Bertz CT molecular complexity index is 1000. The molecule has 0 fully saturated rings. The lowest BCUT2D eigenvalue weighted by Gasteiger charge is -2.09. The smallest absolute Gasteiger partial charge is 0.325 e. The summed E-state index contributed by atoms with van der Waals surface area (Å²) in [7, 11) is 1.59. The SMILES string of the molecule is CCc1ccccc1NC(=O)CCc1csc(NC(=O)Nc2ccc(OC)cc2)n1. The Balaban J connectivity index is 1.47. The molecule has 0 aliphatic carbocycles. The van der Waals surface area contributed by atoms with Crippen molar-refractivity contribution in [3.05, 3.63) is 65.2 Å². The van der Waals surface area contributed by atoms with E-state index in [-0.39, 0.29) is 11.9 Å². The molecule has 1 heterocycles. The van der Waals surface area contributed by atoms with Crippen LogP contribution in [-0.4, -0.2) is 24.0 Å². The maximum absolute atomic E-state index is 12.3. The highest BCUT2D eigenvalue weighted by Crippen LogP contribution is 2.19. The number of rotatable bonds is 8. The minimum Gasteiger partial charge on any atom is -0.497 e. The van der Waals surface area contributed by atoms with Gasteiger partial charge in [-0.05, 0) is 48.7 Å². The average Bonchev–Trinajstić information content (AvgIpc) is 3.20. The molecular weight excluding hydrogens is 400 g/mol. The molecule has 0 aliphatic heterocycles. The van der Waals surface area contributed by atoms with E-state index in [2.05, 4.69) is 27.9 Å². The molecule has 156 valence electrons. The minimum atomic E-state index is -0.380. The summed E-state index contributed by atoms with van der Waals surface area (Å²) in [6.45, 7) is 2.06. The first-order valence-corrected chi connectivity index (χ1v) is 10.5. The highest BCUT2D eigenvalue weighted by molar-refractivity contribution is 7.13. The van der Waals surface area contributed by atoms with Crippen LogP contribution in [0.4, 0.5) is 21.3 Å². The number of amides is 3. The van der Waals surface area contributed by atoms with E-state index in [1.807, 2.05) is 29.6 Å². The van der Waals surface area contributed by atoms with E-state index in [0.717, 1.165) is 23.4 Å². The van der Waals surface area contributed by atoms with Crippen molar-refractivity contribution in [1.82, 2.24) is 4.98 Å². The molecule has 30 heavy (non-hydrogen) atoms. The Kier molecular flexibility index (Phi) is 7.40. The second-order valence-electron chi connectivity index (χ2n) is 6.51. The lowest BCUT2D eigenvalue weighted by Crippen LogP contribution is -2.19. The van der Waals surface area contributed by atoms with Crippen LogP contribution >= 0.6 is 11.3 Å². The number of aromatic nitrogens is 1. The molecule has 0 unspecified atom stereocenters. The molecule has 0 spiro atoms. The van der Waals surface area contributed by atoms with Crippen molar-refractivity contribution in [3.8, 4) is 5.75 Å². The maximum Gasteiger partial charge on any atom is 0.325 e. The van der Waals surface area contributed by atoms with Crippen molar-refractivity contribution in [1.29, 1.82) is 0 Å². The Morgan fingerprint density at radius 2 is 1.80 bits per heavy atom. The lowest BCUT2D eigenvalue weighted by atomic mass is 10.1. The number of hydrogen-bond donors (Lipinski definition) is 3. The number of carbonyl (C=O) groups excluding carboxylic acids is 2. The Morgan fingerprint density at radius 1 is 1.03 bits per heavy atom. The van der Waals surface area contributed by atoms with E-state index < -0.39 is 0 Å². The van der Waals surface area contributed by atoms with Crippen molar-refractivity contribution in [2.75, 3.05) is 23.1 Å². The monoisotopic (exact) mass is 424 g/mol. The number of nitrogens with one attached hydrogen (secondary N) is 3. The summed E-state index contributed by atoms with van der Waals surface area (Å²) in [5.74, 6) is 0.656. The highest BCUT2D eigenvalue weighted by Gasteiger charge is 2.10. The van der Waals surface area contributed by atoms with Crippen molar-refractivity contribution in [2.24, 2.45) is 0 Å². The largest absolute Gasteiger partial charge is 0.497 e. The summed E-state index contributed by atoms with van der Waals surface area (Å²) in [4.78, 5) is 28.8. The van der Waals surface area contributed by atoms with Gasteiger partial charge in [-0.1, -0.05) is 25.1 Å². The second-order valence-corrected chi connectivity index (χ2v) is 7.37. The van der Waals surface area contributed by atoms with Crippen molar-refractivity contribution in [2.45, 2.75) is 26.2 Å². The third-order valence-electron chi connectivity index (χ3n) is 4.40. The molecule has 0 bridgehead atoms. The van der Waals surface area contributed by atoms with Gasteiger partial charge in [0.05, 0.1) is 12.8 Å². The van der Waals surface area contributed by atoms with Crippen molar-refractivity contribution >= 4 is 39.8 Å². The Hall–Kier alpha value is -3.39. The molecule has 0 aliphatic rings. The van der Waals surface area contributed by atoms with E-state index >= 15 is 0 Å². The van der Waals surface area contributed by atoms with E-state index in [4.69, 9.17) is 4.74 Å². The van der Waals surface area contributed by atoms with Gasteiger partial charge < -0.3 is 15.4 Å². The molecule has 0 radical (unpaired) electrons. The number of aryl methyl sites for hydroxylation is 2. The van der Waals surface area contributed by atoms with Gasteiger partial charge in [0.1, 0.15) is 5.75 Å². The van der Waals surface area contributed by atoms with E-state index in [1.165, 1.54) is 11.3 Å². The van der Waals surface area contributed by atoms with Crippen LogP contribution in [0.3, 0.4) is 0 Å². The molecule has 3 amide bonds. The quantitative estimate of drug-likeness (QED) is 0.478. The summed E-state index contributed by atoms with van der Waals surface area (Å²) < 4.78 is 5.09. The van der Waals surface area contributed by atoms with Crippen LogP contribution in [-0.2, 0) is 17.6 Å². The second kappa shape index (κ2) is 10.4. The van der Waals surface area contributed by atoms with Gasteiger partial charge in [-0.15, -0.1) is 11.3 Å². The number of anilines is 3. The van der Waals surface area contributed by atoms with Crippen LogP contribution in [0.1, 0.15) is 24.6 Å². The molecule has 0 atom stereocenters. The molecule has 3 rings (SSSR count). The van der Waals surface area contributed by atoms with Gasteiger partial charge in [-0.2, -0.15) is 0 Å². The molecule has 0 saturated carbocycles. The van der Waals surface area contributed by atoms with Crippen LogP contribution in [0.15, 0.2) is 53.9 Å². The van der Waals surface area contributed by atoms with Crippen LogP contribution in [0.2, 0.25) is 0 Å². The molecular formula is C22H24N4O3S. The summed E-state index contributed by atoms with van der Waals surface area (Å²) in [5.41, 5.74) is 3.36. The number of thiazole rings is 1. The molecule has 3 aromatic rings. The van der Waals surface area contributed by atoms with Gasteiger partial charge in [0, 0.05) is 23.2 Å². The first-order valence-electron chi connectivity index (χ1n) is 9.61. The van der Waals surface area contributed by atoms with E-state index in [9.17, 15) is 9.59 Å². The summed E-state index contributed by atoms with van der Waals surface area (Å²) in [6, 6.07) is 14.4. The number of nitrogens with zero attached hydrogens (tertiary/aromatic N) is 1. The van der Waals surface area contributed by atoms with E-state index in [1.54, 1.807) is 31.4 Å². The van der Waals surface area contributed by atoms with Crippen LogP contribution in [0.5, 0.6) is 5.75 Å². The number of para-hydroxylation sites is 1. The number of hydrogen-bond acceptors (Lipinski definition) is 5. The number of ether oxygens (including phenoxy) is 1. The minimum absolute atomic E-state index is 0.0596. The standard InChI is InChI=1S/C22H24N4O3S/c1-3-15-6-4-5-7-19(15)25-20(27)13-10-17-14-30-22(24-17)26-21(28)23-16-8-11-18(29-2)12-9-16/h4-9,11-12,14H,3,10,13H2,1-2H3,(H,25,27)(H2,23,24,26,28). The number of carbonyl (C=O) groups is 2. The fourth-order valence-corrected chi connectivity index (χ4v) is 3.56. The summed E-state index contributed by atoms with van der Waals surface area (Å²) >= 11 is 1.32. The highest BCUT2D eigenvalue weighted by atomic mass is 32.1. The van der Waals surface area contributed by atoms with Gasteiger partial charge in [0.15, 0.2) is 5.13 Å². The number of benzene rings is 2. The van der Waals surface area contributed by atoms with Gasteiger partial charge in [0.2, 0.25) is 5.91 Å². The Labute approximate surface area is 179 Å². The van der Waals surface area contributed by atoms with Crippen LogP contribution in [0, 0.1) is 0 Å². The Morgan fingerprint density at radius 3 is 2.53 bits per heavy atom. The molecule has 2 aromatic carbocycles. The van der Waals surface area contributed by atoms with Gasteiger partial charge >= 0.3 is 6.03 Å². The van der Waals surface area contributed by atoms with Gasteiger partial charge in [-0.25, -0.2) is 9.78 Å². The normalized spacial score (nSPS) is 10.3. The maximum atomic E-state index is 12.3. The first-order chi connectivity index (χ1) is 14.6. The van der Waals surface area contributed by atoms with E-state index in [0.29, 0.717) is 29.4 Å². The molecule has 7 nitrogen and oxygen atoms in total.